The van der Waals surface area contributed by atoms with Crippen LogP contribution in [0.15, 0.2) is 18.2 Å². The molecule has 10 heteroatoms. The van der Waals surface area contributed by atoms with Gasteiger partial charge < -0.3 is 14.6 Å². The second-order valence-corrected chi connectivity index (χ2v) is 9.21. The van der Waals surface area contributed by atoms with Gasteiger partial charge in [-0.25, -0.2) is 13.1 Å². The zero-order valence-corrected chi connectivity index (χ0v) is 16.9. The summed E-state index contributed by atoms with van der Waals surface area (Å²) in [5, 5.41) is 10.7. The van der Waals surface area contributed by atoms with E-state index in [9.17, 15) is 26.7 Å². The van der Waals surface area contributed by atoms with E-state index >= 15 is 0 Å². The number of benzene rings is 1. The summed E-state index contributed by atoms with van der Waals surface area (Å²) in [7, 11) is -3.64. The SMILES string of the molecule is CCCS(=O)(=O)NC1c2cc(OCCCC(F)(F)F)ccc2OC(C)(C)C1O. The third-order valence-corrected chi connectivity index (χ3v) is 5.93. The molecule has 0 saturated heterocycles. The van der Waals surface area contributed by atoms with Gasteiger partial charge >= 0.3 is 6.18 Å². The van der Waals surface area contributed by atoms with Gasteiger partial charge in [0.25, 0.3) is 0 Å². The second-order valence-electron chi connectivity index (χ2n) is 7.33. The lowest BCUT2D eigenvalue weighted by Gasteiger charge is -2.42. The maximum absolute atomic E-state index is 12.3. The third-order valence-electron chi connectivity index (χ3n) is 4.37. The minimum atomic E-state index is -4.24. The molecule has 2 N–H and O–H groups in total. The molecule has 1 aromatic carbocycles. The summed E-state index contributed by atoms with van der Waals surface area (Å²) in [6.07, 6.45) is -6.15. The summed E-state index contributed by atoms with van der Waals surface area (Å²) in [6, 6.07) is 3.62. The lowest BCUT2D eigenvalue weighted by molar-refractivity contribution is -0.136. The van der Waals surface area contributed by atoms with Crippen molar-refractivity contribution in [1.82, 2.24) is 4.72 Å². The molecule has 2 rings (SSSR count). The molecule has 28 heavy (non-hydrogen) atoms. The molecule has 0 aromatic heterocycles. The van der Waals surface area contributed by atoms with Gasteiger partial charge in [-0.3, -0.25) is 0 Å². The van der Waals surface area contributed by atoms with Gasteiger partial charge in [-0.05, 0) is 44.9 Å². The van der Waals surface area contributed by atoms with E-state index in [1.165, 1.54) is 12.1 Å². The van der Waals surface area contributed by atoms with E-state index in [0.717, 1.165) is 0 Å². The Bertz CT molecular complexity index is 780. The topological polar surface area (TPSA) is 84.9 Å². The van der Waals surface area contributed by atoms with Crippen LogP contribution in [0.25, 0.3) is 0 Å². The Balaban J connectivity index is 2.23. The fourth-order valence-corrected chi connectivity index (χ4v) is 4.28. The average molecular weight is 425 g/mol. The Morgan fingerprint density at radius 2 is 2.00 bits per heavy atom. The van der Waals surface area contributed by atoms with Crippen molar-refractivity contribution in [2.45, 2.75) is 64.0 Å². The predicted octanol–water partition coefficient (Wildman–Crippen LogP) is 3.31. The predicted molar refractivity (Wildman–Crippen MR) is 97.9 cm³/mol. The van der Waals surface area contributed by atoms with Gasteiger partial charge in [0.1, 0.15) is 23.2 Å². The van der Waals surface area contributed by atoms with Gasteiger partial charge in [0.2, 0.25) is 10.0 Å². The number of halogens is 3. The Labute approximate surface area is 163 Å². The molecule has 6 nitrogen and oxygen atoms in total. The Morgan fingerprint density at radius 3 is 2.61 bits per heavy atom. The Hall–Kier alpha value is -1.52. The summed E-state index contributed by atoms with van der Waals surface area (Å²) >= 11 is 0. The molecule has 0 bridgehead atoms. The number of hydrogen-bond donors (Lipinski definition) is 2. The highest BCUT2D eigenvalue weighted by atomic mass is 32.2. The van der Waals surface area contributed by atoms with Crippen molar-refractivity contribution in [3.8, 4) is 11.5 Å². The number of alkyl halides is 3. The molecule has 0 saturated carbocycles. The van der Waals surface area contributed by atoms with Crippen molar-refractivity contribution in [2.75, 3.05) is 12.4 Å². The molecule has 0 spiro atoms. The van der Waals surface area contributed by atoms with Crippen LogP contribution < -0.4 is 14.2 Å². The quantitative estimate of drug-likeness (QED) is 0.625. The minimum absolute atomic E-state index is 0.0968. The standard InChI is InChI=1S/C18H26F3NO5S/c1-4-10-28(24,25)22-15-13-11-12(26-9-5-8-18(19,20)21)6-7-14(13)27-17(2,3)16(15)23/h6-7,11,15-16,22-23H,4-5,8-10H2,1-3H3. The molecule has 0 aliphatic carbocycles. The van der Waals surface area contributed by atoms with Crippen LogP contribution in [0.3, 0.4) is 0 Å². The molecular formula is C18H26F3NO5S. The van der Waals surface area contributed by atoms with Gasteiger partial charge in [-0.2, -0.15) is 13.2 Å². The van der Waals surface area contributed by atoms with Crippen molar-refractivity contribution < 1.29 is 36.2 Å². The van der Waals surface area contributed by atoms with E-state index in [0.29, 0.717) is 17.7 Å². The number of ether oxygens (including phenoxy) is 2. The van der Waals surface area contributed by atoms with Crippen LogP contribution in [0.1, 0.15) is 51.6 Å². The first kappa shape index (κ1) is 22.8. The smallest absolute Gasteiger partial charge is 0.389 e. The number of hydrogen-bond acceptors (Lipinski definition) is 5. The molecule has 2 unspecified atom stereocenters. The van der Waals surface area contributed by atoms with Gasteiger partial charge in [0, 0.05) is 12.0 Å². The summed E-state index contributed by atoms with van der Waals surface area (Å²) in [4.78, 5) is 0. The van der Waals surface area contributed by atoms with Crippen LogP contribution in [-0.2, 0) is 10.0 Å². The van der Waals surface area contributed by atoms with Crippen LogP contribution in [0.2, 0.25) is 0 Å². The van der Waals surface area contributed by atoms with Crippen LogP contribution in [0.4, 0.5) is 13.2 Å². The van der Waals surface area contributed by atoms with Crippen molar-refractivity contribution >= 4 is 10.0 Å². The molecule has 1 aromatic rings. The van der Waals surface area contributed by atoms with Gasteiger partial charge in [0.05, 0.1) is 18.4 Å². The summed E-state index contributed by atoms with van der Waals surface area (Å²) in [6.45, 7) is 4.87. The number of rotatable bonds is 8. The van der Waals surface area contributed by atoms with E-state index in [1.54, 1.807) is 26.8 Å². The molecule has 0 fully saturated rings. The first-order valence-electron chi connectivity index (χ1n) is 9.05. The van der Waals surface area contributed by atoms with E-state index in [1.807, 2.05) is 0 Å². The second kappa shape index (κ2) is 8.46. The number of sulfonamides is 1. The number of aliphatic hydroxyl groups is 1. The highest BCUT2D eigenvalue weighted by molar-refractivity contribution is 7.89. The first-order chi connectivity index (χ1) is 12.8. The fraction of sp³-hybridized carbons (Fsp3) is 0.667. The highest BCUT2D eigenvalue weighted by Crippen LogP contribution is 2.41. The largest absolute Gasteiger partial charge is 0.494 e. The highest BCUT2D eigenvalue weighted by Gasteiger charge is 2.44. The van der Waals surface area contributed by atoms with Crippen LogP contribution in [0, 0.1) is 0 Å². The maximum Gasteiger partial charge on any atom is 0.389 e. The summed E-state index contributed by atoms with van der Waals surface area (Å²) < 4.78 is 74.8. The van der Waals surface area contributed by atoms with Crippen molar-refractivity contribution in [3.05, 3.63) is 23.8 Å². The van der Waals surface area contributed by atoms with Crippen molar-refractivity contribution in [3.63, 3.8) is 0 Å². The molecule has 0 amide bonds. The summed E-state index contributed by atoms with van der Waals surface area (Å²) in [5.74, 6) is 0.554. The zero-order chi connectivity index (χ0) is 21.2. The van der Waals surface area contributed by atoms with E-state index in [2.05, 4.69) is 4.72 Å². The molecule has 2 atom stereocenters. The molecular weight excluding hydrogens is 399 g/mol. The van der Waals surface area contributed by atoms with Gasteiger partial charge in [0.15, 0.2) is 0 Å². The van der Waals surface area contributed by atoms with Gasteiger partial charge in [-0.15, -0.1) is 0 Å². The average Bonchev–Trinajstić information content (AvgIpc) is 2.55. The summed E-state index contributed by atoms with van der Waals surface area (Å²) in [5.41, 5.74) is -0.665. The molecule has 160 valence electrons. The number of aliphatic hydroxyl groups excluding tert-OH is 1. The molecule has 1 heterocycles. The lowest BCUT2D eigenvalue weighted by Crippen LogP contribution is -2.53. The van der Waals surface area contributed by atoms with Crippen LogP contribution >= 0.6 is 0 Å². The Morgan fingerprint density at radius 1 is 1.32 bits per heavy atom. The Kier molecular flexibility index (Phi) is 6.88. The normalized spacial score (nSPS) is 21.7. The van der Waals surface area contributed by atoms with E-state index < -0.39 is 40.4 Å². The first-order valence-corrected chi connectivity index (χ1v) is 10.7. The molecule has 1 aliphatic rings. The van der Waals surface area contributed by atoms with Gasteiger partial charge in [-0.1, -0.05) is 6.92 Å². The molecule has 0 radical (unpaired) electrons. The zero-order valence-electron chi connectivity index (χ0n) is 16.0. The molecule has 1 aliphatic heterocycles. The monoisotopic (exact) mass is 425 g/mol. The minimum Gasteiger partial charge on any atom is -0.494 e. The third kappa shape index (κ3) is 5.99. The number of fused-ring (bicyclic) bond motifs is 1. The van der Waals surface area contributed by atoms with Crippen molar-refractivity contribution in [2.24, 2.45) is 0 Å². The fourth-order valence-electron chi connectivity index (χ4n) is 2.98. The van der Waals surface area contributed by atoms with Crippen LogP contribution in [-0.4, -0.2) is 43.8 Å². The van der Waals surface area contributed by atoms with E-state index in [4.69, 9.17) is 9.47 Å². The maximum atomic E-state index is 12.3. The van der Waals surface area contributed by atoms with Crippen LogP contribution in [0.5, 0.6) is 11.5 Å². The number of nitrogens with one attached hydrogen (secondary N) is 1. The van der Waals surface area contributed by atoms with Crippen molar-refractivity contribution in [1.29, 1.82) is 0 Å². The van der Waals surface area contributed by atoms with E-state index in [-0.39, 0.29) is 24.5 Å². The lowest BCUT2D eigenvalue weighted by atomic mass is 9.87.